The van der Waals surface area contributed by atoms with E-state index < -0.39 is 0 Å². The molecule has 0 bridgehead atoms. The van der Waals surface area contributed by atoms with E-state index in [2.05, 4.69) is 32.6 Å². The van der Waals surface area contributed by atoms with Crippen molar-refractivity contribution in [2.45, 2.75) is 57.0 Å². The van der Waals surface area contributed by atoms with E-state index in [-0.39, 0.29) is 0 Å². The van der Waals surface area contributed by atoms with Gasteiger partial charge in [-0.1, -0.05) is 11.8 Å². The van der Waals surface area contributed by atoms with E-state index in [0.29, 0.717) is 11.7 Å². The van der Waals surface area contributed by atoms with Gasteiger partial charge in [0.05, 0.1) is 5.69 Å². The number of aryl methyl sites for hydroxylation is 2. The van der Waals surface area contributed by atoms with Gasteiger partial charge in [-0.05, 0) is 68.9 Å². The molecule has 178 valence electrons. The summed E-state index contributed by atoms with van der Waals surface area (Å²) in [6.07, 6.45) is 9.70. The van der Waals surface area contributed by atoms with E-state index in [0.717, 1.165) is 71.1 Å². The molecule has 1 atom stereocenters. The number of oxazole rings is 2. The molecule has 9 heteroatoms. The van der Waals surface area contributed by atoms with Crippen LogP contribution >= 0.6 is 11.8 Å². The maximum atomic E-state index is 6.04. The highest BCUT2D eigenvalue weighted by molar-refractivity contribution is 7.99. The van der Waals surface area contributed by atoms with Crippen LogP contribution in [-0.2, 0) is 19.9 Å². The van der Waals surface area contributed by atoms with E-state index >= 15 is 0 Å². The molecule has 1 aliphatic carbocycles. The Bertz CT molecular complexity index is 1260. The minimum atomic E-state index is 0.657. The number of rotatable bonds is 8. The number of nitrogens with zero attached hydrogens (tertiary/aromatic N) is 5. The smallest absolute Gasteiger partial charge is 0.202 e. The van der Waals surface area contributed by atoms with E-state index in [1.54, 1.807) is 11.8 Å². The molecular weight excluding hydrogens is 448 g/mol. The Morgan fingerprint density at radius 3 is 2.91 bits per heavy atom. The van der Waals surface area contributed by atoms with Crippen molar-refractivity contribution in [3.05, 3.63) is 35.7 Å². The number of aromatic nitrogens is 5. The van der Waals surface area contributed by atoms with Crippen molar-refractivity contribution in [3.8, 4) is 11.6 Å². The molecule has 4 heterocycles. The SMILES string of the molecule is Cc1ncoc1-c1nnc(SCCCC2CCc3cc4nc(CC5CC5)oc4cc3NC2)n1C. The summed E-state index contributed by atoms with van der Waals surface area (Å²) in [5.74, 6) is 4.78. The van der Waals surface area contributed by atoms with E-state index in [1.165, 1.54) is 43.3 Å². The number of thioether (sulfide) groups is 1. The molecular formula is C25H30N6O2S. The topological polar surface area (TPSA) is 94.8 Å². The molecule has 1 N–H and O–H groups in total. The van der Waals surface area contributed by atoms with Gasteiger partial charge in [-0.15, -0.1) is 10.2 Å². The first-order chi connectivity index (χ1) is 16.6. The second kappa shape index (κ2) is 9.09. The Kier molecular flexibility index (Phi) is 5.80. The zero-order chi connectivity index (χ0) is 23.1. The largest absolute Gasteiger partial charge is 0.441 e. The fourth-order valence-corrected chi connectivity index (χ4v) is 5.62. The van der Waals surface area contributed by atoms with Gasteiger partial charge in [0.25, 0.3) is 0 Å². The highest BCUT2D eigenvalue weighted by atomic mass is 32.2. The maximum absolute atomic E-state index is 6.04. The number of anilines is 1. The summed E-state index contributed by atoms with van der Waals surface area (Å²) >= 11 is 1.75. The number of nitrogens with one attached hydrogen (secondary N) is 1. The summed E-state index contributed by atoms with van der Waals surface area (Å²) in [7, 11) is 1.98. The predicted octanol–water partition coefficient (Wildman–Crippen LogP) is 5.42. The average Bonchev–Trinajstić information content (AvgIpc) is 3.31. The minimum absolute atomic E-state index is 0.657. The minimum Gasteiger partial charge on any atom is -0.441 e. The number of fused-ring (bicyclic) bond motifs is 2. The van der Waals surface area contributed by atoms with Crippen LogP contribution in [0, 0.1) is 18.8 Å². The number of benzene rings is 1. The fraction of sp³-hybridized carbons (Fsp3) is 0.520. The molecule has 0 radical (unpaired) electrons. The molecule has 3 aromatic heterocycles. The summed E-state index contributed by atoms with van der Waals surface area (Å²) in [6.45, 7) is 2.92. The summed E-state index contributed by atoms with van der Waals surface area (Å²) < 4.78 is 13.5. The first kappa shape index (κ1) is 21.7. The van der Waals surface area contributed by atoms with Crippen molar-refractivity contribution in [1.82, 2.24) is 24.7 Å². The lowest BCUT2D eigenvalue weighted by molar-refractivity contribution is 0.476. The summed E-state index contributed by atoms with van der Waals surface area (Å²) in [6, 6.07) is 4.39. The standard InChI is InChI=1S/C25H30N6O2S/c1-15-23(32-14-27-15)24-29-30-25(31(24)2)34-9-3-4-17-7-8-18-11-20-21(12-19(18)26-13-17)33-22(28-20)10-16-5-6-16/h11-12,14,16-17,26H,3-10,13H2,1-2H3. The highest BCUT2D eigenvalue weighted by Gasteiger charge is 2.25. The molecule has 34 heavy (non-hydrogen) atoms. The summed E-state index contributed by atoms with van der Waals surface area (Å²) in [5, 5.41) is 13.2. The van der Waals surface area contributed by atoms with Crippen LogP contribution < -0.4 is 5.32 Å². The van der Waals surface area contributed by atoms with E-state index in [9.17, 15) is 0 Å². The second-order valence-corrected chi connectivity index (χ2v) is 10.7. The Morgan fingerprint density at radius 2 is 2.09 bits per heavy atom. The predicted molar refractivity (Wildman–Crippen MR) is 132 cm³/mol. The molecule has 1 unspecified atom stereocenters. The Hall–Kier alpha value is -2.81. The third kappa shape index (κ3) is 4.45. The first-order valence-corrected chi connectivity index (χ1v) is 13.2. The van der Waals surface area contributed by atoms with Crippen molar-refractivity contribution in [3.63, 3.8) is 0 Å². The molecule has 1 aromatic carbocycles. The number of hydrogen-bond acceptors (Lipinski definition) is 8. The van der Waals surface area contributed by atoms with Gasteiger partial charge in [0.1, 0.15) is 5.52 Å². The van der Waals surface area contributed by atoms with Crippen LogP contribution in [0.4, 0.5) is 5.69 Å². The van der Waals surface area contributed by atoms with Gasteiger partial charge in [0.2, 0.25) is 5.82 Å². The van der Waals surface area contributed by atoms with Crippen LogP contribution in [-0.4, -0.2) is 37.0 Å². The van der Waals surface area contributed by atoms with Crippen LogP contribution in [0.1, 0.15) is 49.3 Å². The lowest BCUT2D eigenvalue weighted by atomic mass is 9.97. The molecule has 4 aromatic rings. The van der Waals surface area contributed by atoms with Gasteiger partial charge in [-0.3, -0.25) is 0 Å². The normalized spacial score (nSPS) is 18.1. The molecule has 8 nitrogen and oxygen atoms in total. The van der Waals surface area contributed by atoms with Gasteiger partial charge in [-0.2, -0.15) is 0 Å². The monoisotopic (exact) mass is 478 g/mol. The highest BCUT2D eigenvalue weighted by Crippen LogP contribution is 2.35. The average molecular weight is 479 g/mol. The summed E-state index contributed by atoms with van der Waals surface area (Å²) in [5.41, 5.74) is 5.34. The van der Waals surface area contributed by atoms with Crippen molar-refractivity contribution >= 4 is 28.5 Å². The Morgan fingerprint density at radius 1 is 1.18 bits per heavy atom. The van der Waals surface area contributed by atoms with Gasteiger partial charge < -0.3 is 18.7 Å². The van der Waals surface area contributed by atoms with Crippen molar-refractivity contribution in [2.24, 2.45) is 18.9 Å². The molecule has 2 aliphatic rings. The second-order valence-electron chi connectivity index (χ2n) is 9.64. The quantitative estimate of drug-likeness (QED) is 0.265. The van der Waals surface area contributed by atoms with E-state index in [4.69, 9.17) is 13.8 Å². The molecule has 6 rings (SSSR count). The van der Waals surface area contributed by atoms with Gasteiger partial charge in [0.15, 0.2) is 28.8 Å². The molecule has 1 saturated carbocycles. The van der Waals surface area contributed by atoms with Crippen molar-refractivity contribution < 1.29 is 8.83 Å². The maximum Gasteiger partial charge on any atom is 0.202 e. The first-order valence-electron chi connectivity index (χ1n) is 12.2. The zero-order valence-corrected chi connectivity index (χ0v) is 20.5. The van der Waals surface area contributed by atoms with Crippen LogP contribution in [0.15, 0.2) is 32.5 Å². The molecule has 1 aliphatic heterocycles. The van der Waals surface area contributed by atoms with Gasteiger partial charge >= 0.3 is 0 Å². The lowest BCUT2D eigenvalue weighted by Crippen LogP contribution is -2.12. The van der Waals surface area contributed by atoms with Crippen LogP contribution in [0.25, 0.3) is 22.7 Å². The Labute approximate surface area is 202 Å². The summed E-state index contributed by atoms with van der Waals surface area (Å²) in [4.78, 5) is 8.90. The van der Waals surface area contributed by atoms with E-state index in [1.807, 2.05) is 18.5 Å². The molecule has 0 amide bonds. The zero-order valence-electron chi connectivity index (χ0n) is 19.7. The molecule has 0 spiro atoms. The van der Waals surface area contributed by atoms with Crippen LogP contribution in [0.5, 0.6) is 0 Å². The third-order valence-corrected chi connectivity index (χ3v) is 8.10. The van der Waals surface area contributed by atoms with Gasteiger partial charge in [-0.25, -0.2) is 9.97 Å². The van der Waals surface area contributed by atoms with Crippen LogP contribution in [0.3, 0.4) is 0 Å². The van der Waals surface area contributed by atoms with Gasteiger partial charge in [0, 0.05) is 37.5 Å². The molecule has 1 fully saturated rings. The van der Waals surface area contributed by atoms with Crippen LogP contribution in [0.2, 0.25) is 0 Å². The van der Waals surface area contributed by atoms with Crippen molar-refractivity contribution in [1.29, 1.82) is 0 Å². The Balaban J connectivity index is 1.01. The third-order valence-electron chi connectivity index (χ3n) is 6.99. The lowest BCUT2D eigenvalue weighted by Gasteiger charge is -2.14. The number of hydrogen-bond donors (Lipinski definition) is 1. The van der Waals surface area contributed by atoms with Crippen molar-refractivity contribution in [2.75, 3.05) is 17.6 Å². The molecule has 0 saturated heterocycles. The fourth-order valence-electron chi connectivity index (χ4n) is 4.75.